The summed E-state index contributed by atoms with van der Waals surface area (Å²) in [6, 6.07) is 0.777. The number of amides is 1. The molecule has 0 aromatic carbocycles. The average Bonchev–Trinajstić information content (AvgIpc) is 2.41. The van der Waals surface area contributed by atoms with Gasteiger partial charge < -0.3 is 10.1 Å². The van der Waals surface area contributed by atoms with Gasteiger partial charge in [-0.15, -0.1) is 0 Å². The van der Waals surface area contributed by atoms with Crippen LogP contribution >= 0.6 is 0 Å². The molecule has 3 aliphatic rings. The average molecular weight is 196 g/mol. The topological polar surface area (TPSA) is 41.6 Å². The van der Waals surface area contributed by atoms with Crippen LogP contribution in [0.3, 0.4) is 0 Å². The molecule has 0 radical (unpaired) electrons. The van der Waals surface area contributed by atoms with Crippen LogP contribution in [-0.2, 0) is 4.74 Å². The molecule has 2 aliphatic heterocycles. The van der Waals surface area contributed by atoms with E-state index < -0.39 is 0 Å². The number of rotatable bonds is 1. The minimum atomic E-state index is -0.0756. The van der Waals surface area contributed by atoms with Crippen LogP contribution in [0.1, 0.15) is 25.7 Å². The van der Waals surface area contributed by atoms with Gasteiger partial charge in [-0.1, -0.05) is 0 Å². The van der Waals surface area contributed by atoms with E-state index in [0.717, 1.165) is 19.5 Å². The van der Waals surface area contributed by atoms with E-state index in [1.807, 2.05) is 4.90 Å². The van der Waals surface area contributed by atoms with Gasteiger partial charge >= 0.3 is 6.09 Å². The predicted molar refractivity (Wildman–Crippen MR) is 51.0 cm³/mol. The fourth-order valence-corrected chi connectivity index (χ4v) is 2.64. The van der Waals surface area contributed by atoms with E-state index in [1.165, 1.54) is 19.3 Å². The Morgan fingerprint density at radius 1 is 1.36 bits per heavy atom. The lowest BCUT2D eigenvalue weighted by atomic mass is 9.89. The highest BCUT2D eigenvalue weighted by Gasteiger charge is 2.47. The molecule has 2 atom stereocenters. The molecule has 0 aromatic rings. The summed E-state index contributed by atoms with van der Waals surface area (Å²) in [5.74, 6) is 0. The van der Waals surface area contributed by atoms with Crippen molar-refractivity contribution in [2.24, 2.45) is 0 Å². The smallest absolute Gasteiger partial charge is 0.410 e. The maximum Gasteiger partial charge on any atom is 0.410 e. The minimum Gasteiger partial charge on any atom is -0.444 e. The lowest BCUT2D eigenvalue weighted by molar-refractivity contribution is 0.116. The van der Waals surface area contributed by atoms with Crippen LogP contribution in [0.4, 0.5) is 4.79 Å². The normalized spacial score (nSPS) is 37.7. The number of hydrogen-bond acceptors (Lipinski definition) is 3. The highest BCUT2D eigenvalue weighted by atomic mass is 16.6. The second-order valence-electron chi connectivity index (χ2n) is 4.47. The summed E-state index contributed by atoms with van der Waals surface area (Å²) < 4.78 is 5.38. The van der Waals surface area contributed by atoms with E-state index in [-0.39, 0.29) is 12.2 Å². The third kappa shape index (κ3) is 1.13. The van der Waals surface area contributed by atoms with Gasteiger partial charge in [-0.2, -0.15) is 0 Å². The van der Waals surface area contributed by atoms with Gasteiger partial charge in [0.2, 0.25) is 0 Å². The summed E-state index contributed by atoms with van der Waals surface area (Å²) in [5.41, 5.74) is 0. The molecule has 0 bridgehead atoms. The Labute approximate surface area is 83.6 Å². The van der Waals surface area contributed by atoms with Crippen LogP contribution < -0.4 is 5.32 Å². The van der Waals surface area contributed by atoms with E-state index in [1.54, 1.807) is 0 Å². The predicted octanol–water partition coefficient (Wildman–Crippen LogP) is 0.722. The monoisotopic (exact) mass is 196 g/mol. The molecule has 1 amide bonds. The first-order valence-corrected chi connectivity index (χ1v) is 5.56. The van der Waals surface area contributed by atoms with E-state index in [0.29, 0.717) is 12.1 Å². The maximum absolute atomic E-state index is 11.7. The molecule has 1 saturated carbocycles. The van der Waals surface area contributed by atoms with Crippen molar-refractivity contribution < 1.29 is 9.53 Å². The Hall–Kier alpha value is -0.770. The summed E-state index contributed by atoms with van der Waals surface area (Å²) in [6.07, 6.45) is 4.65. The molecule has 78 valence electrons. The first-order chi connectivity index (χ1) is 6.86. The van der Waals surface area contributed by atoms with E-state index in [2.05, 4.69) is 5.32 Å². The van der Waals surface area contributed by atoms with Crippen molar-refractivity contribution in [3.63, 3.8) is 0 Å². The molecular formula is C10H16N2O2. The quantitative estimate of drug-likeness (QED) is 0.672. The number of ether oxygens (including phenoxy) is 1. The van der Waals surface area contributed by atoms with Gasteiger partial charge in [0.05, 0.1) is 6.04 Å². The van der Waals surface area contributed by atoms with Gasteiger partial charge in [0, 0.05) is 12.6 Å². The lowest BCUT2D eigenvalue weighted by Gasteiger charge is -2.38. The van der Waals surface area contributed by atoms with Crippen molar-refractivity contribution in [1.82, 2.24) is 10.2 Å². The largest absolute Gasteiger partial charge is 0.444 e. The SMILES string of the molecule is O=C1OC2CCNCC2N1C1CCC1. The highest BCUT2D eigenvalue weighted by Crippen LogP contribution is 2.33. The summed E-state index contributed by atoms with van der Waals surface area (Å²) in [4.78, 5) is 13.6. The molecular weight excluding hydrogens is 180 g/mol. The summed E-state index contributed by atoms with van der Waals surface area (Å²) in [5, 5.41) is 3.34. The minimum absolute atomic E-state index is 0.0756. The van der Waals surface area contributed by atoms with E-state index in [9.17, 15) is 4.79 Å². The Bertz CT molecular complexity index is 253. The molecule has 0 aromatic heterocycles. The number of hydrogen-bond donors (Lipinski definition) is 1. The van der Waals surface area contributed by atoms with Crippen molar-refractivity contribution in [2.45, 2.75) is 43.9 Å². The number of fused-ring (bicyclic) bond motifs is 1. The molecule has 1 aliphatic carbocycles. The van der Waals surface area contributed by atoms with Gasteiger partial charge in [-0.3, -0.25) is 4.90 Å². The van der Waals surface area contributed by atoms with Gasteiger partial charge in [0.25, 0.3) is 0 Å². The standard InChI is InChI=1S/C10H16N2O2/c13-10-12(7-2-1-3-7)8-6-11-5-4-9(8)14-10/h7-9,11H,1-6H2. The zero-order valence-electron chi connectivity index (χ0n) is 8.24. The molecule has 3 fully saturated rings. The molecule has 4 heteroatoms. The first kappa shape index (κ1) is 8.53. The fourth-order valence-electron chi connectivity index (χ4n) is 2.64. The third-order valence-corrected chi connectivity index (χ3v) is 3.68. The third-order valence-electron chi connectivity index (χ3n) is 3.68. The highest BCUT2D eigenvalue weighted by molar-refractivity contribution is 5.71. The first-order valence-electron chi connectivity index (χ1n) is 5.56. The van der Waals surface area contributed by atoms with Crippen molar-refractivity contribution in [3.8, 4) is 0 Å². The summed E-state index contributed by atoms with van der Waals surface area (Å²) >= 11 is 0. The van der Waals surface area contributed by atoms with Crippen LogP contribution in [0, 0.1) is 0 Å². The Morgan fingerprint density at radius 2 is 2.21 bits per heavy atom. The summed E-state index contributed by atoms with van der Waals surface area (Å²) in [7, 11) is 0. The molecule has 2 heterocycles. The molecule has 2 unspecified atom stereocenters. The number of nitrogens with one attached hydrogen (secondary N) is 1. The van der Waals surface area contributed by atoms with Gasteiger partial charge in [0.15, 0.2) is 0 Å². The van der Waals surface area contributed by atoms with E-state index in [4.69, 9.17) is 4.74 Å². The maximum atomic E-state index is 11.7. The molecule has 0 spiro atoms. The Balaban J connectivity index is 1.77. The van der Waals surface area contributed by atoms with Crippen LogP contribution in [0.5, 0.6) is 0 Å². The van der Waals surface area contributed by atoms with Crippen molar-refractivity contribution >= 4 is 6.09 Å². The molecule has 3 rings (SSSR count). The Morgan fingerprint density at radius 3 is 2.93 bits per heavy atom. The van der Waals surface area contributed by atoms with Crippen molar-refractivity contribution in [2.75, 3.05) is 13.1 Å². The molecule has 14 heavy (non-hydrogen) atoms. The lowest BCUT2D eigenvalue weighted by Crippen LogP contribution is -2.53. The number of carbonyl (C=O) groups excluding carboxylic acids is 1. The fraction of sp³-hybridized carbons (Fsp3) is 0.900. The van der Waals surface area contributed by atoms with Crippen LogP contribution in [0.15, 0.2) is 0 Å². The van der Waals surface area contributed by atoms with Crippen molar-refractivity contribution in [3.05, 3.63) is 0 Å². The Kier molecular flexibility index (Phi) is 1.90. The molecule has 2 saturated heterocycles. The van der Waals surface area contributed by atoms with E-state index >= 15 is 0 Å². The number of carbonyl (C=O) groups is 1. The van der Waals surface area contributed by atoms with Crippen LogP contribution in [-0.4, -0.2) is 42.3 Å². The number of nitrogens with zero attached hydrogens (tertiary/aromatic N) is 1. The van der Waals surface area contributed by atoms with Gasteiger partial charge in [-0.05, 0) is 32.2 Å². The van der Waals surface area contributed by atoms with Crippen LogP contribution in [0.2, 0.25) is 0 Å². The van der Waals surface area contributed by atoms with Gasteiger partial charge in [0.1, 0.15) is 6.10 Å². The second-order valence-corrected chi connectivity index (χ2v) is 4.47. The zero-order chi connectivity index (χ0) is 9.54. The number of piperidine rings is 1. The zero-order valence-corrected chi connectivity index (χ0v) is 8.24. The van der Waals surface area contributed by atoms with Crippen molar-refractivity contribution in [1.29, 1.82) is 0 Å². The second kappa shape index (κ2) is 3.12. The molecule has 4 nitrogen and oxygen atoms in total. The van der Waals surface area contributed by atoms with Gasteiger partial charge in [-0.25, -0.2) is 4.79 Å². The molecule has 1 N–H and O–H groups in total. The summed E-state index contributed by atoms with van der Waals surface area (Å²) in [6.45, 7) is 1.89. The van der Waals surface area contributed by atoms with Crippen LogP contribution in [0.25, 0.3) is 0 Å².